The van der Waals surface area contributed by atoms with Crippen molar-refractivity contribution in [2.45, 2.75) is 6.42 Å². The molecule has 0 spiro atoms. The number of nitrogens with two attached hydrogens (primary N) is 1. The number of aliphatic hydroxyl groups is 1. The summed E-state index contributed by atoms with van der Waals surface area (Å²) in [7, 11) is 0. The second kappa shape index (κ2) is 5.00. The largest absolute Gasteiger partial charge is 0.512 e. The van der Waals surface area contributed by atoms with Crippen molar-refractivity contribution in [3.63, 3.8) is 0 Å². The van der Waals surface area contributed by atoms with Crippen LogP contribution < -0.4 is 5.73 Å². The summed E-state index contributed by atoms with van der Waals surface area (Å²) in [6, 6.07) is 9.43. The fraction of sp³-hybridized carbons (Fsp3) is 0.0833. The molecule has 0 aliphatic rings. The average molecular weight is 203 g/mol. The molecule has 0 saturated heterocycles. The van der Waals surface area contributed by atoms with Crippen LogP contribution in [0.2, 0.25) is 0 Å². The van der Waals surface area contributed by atoms with Gasteiger partial charge < -0.3 is 10.8 Å². The molecule has 0 fully saturated rings. The Bertz CT molecular complexity index is 393. The van der Waals surface area contributed by atoms with Gasteiger partial charge in [0.15, 0.2) is 0 Å². The fourth-order valence-electron chi connectivity index (χ4n) is 1.13. The number of allylic oxidation sites excluding steroid dienone is 1. The molecule has 15 heavy (non-hydrogen) atoms. The molecule has 3 N–H and O–H groups in total. The van der Waals surface area contributed by atoms with Crippen LogP contribution in [0.1, 0.15) is 5.56 Å². The lowest BCUT2D eigenvalue weighted by atomic mass is 10.1. The standard InChI is InChI=1S/C12H13NO2/c1-9(12(13)15)7-11(14)8-10-5-3-2-4-6-10/h2-7,14H,1,8H2,(H2,13,15)/b11-7-. The van der Waals surface area contributed by atoms with Gasteiger partial charge in [-0.05, 0) is 11.6 Å². The van der Waals surface area contributed by atoms with E-state index in [2.05, 4.69) is 6.58 Å². The zero-order valence-electron chi connectivity index (χ0n) is 8.31. The van der Waals surface area contributed by atoms with Crippen molar-refractivity contribution < 1.29 is 9.90 Å². The predicted molar refractivity (Wildman–Crippen MR) is 59.2 cm³/mol. The van der Waals surface area contributed by atoms with Gasteiger partial charge >= 0.3 is 0 Å². The van der Waals surface area contributed by atoms with Gasteiger partial charge in [0.05, 0.1) is 5.76 Å². The minimum absolute atomic E-state index is 0.0741. The number of hydrogen-bond acceptors (Lipinski definition) is 2. The van der Waals surface area contributed by atoms with Crippen molar-refractivity contribution in [2.75, 3.05) is 0 Å². The molecule has 3 nitrogen and oxygen atoms in total. The van der Waals surface area contributed by atoms with E-state index in [-0.39, 0.29) is 11.3 Å². The van der Waals surface area contributed by atoms with Crippen molar-refractivity contribution >= 4 is 5.91 Å². The maximum atomic E-state index is 10.7. The fourth-order valence-corrected chi connectivity index (χ4v) is 1.13. The van der Waals surface area contributed by atoms with Gasteiger partial charge in [-0.15, -0.1) is 0 Å². The predicted octanol–water partition coefficient (Wildman–Crippen LogP) is 1.71. The van der Waals surface area contributed by atoms with Crippen LogP contribution in [0.25, 0.3) is 0 Å². The molecule has 1 aromatic rings. The summed E-state index contributed by atoms with van der Waals surface area (Å²) in [5, 5.41) is 9.51. The van der Waals surface area contributed by atoms with Crippen molar-refractivity contribution in [1.82, 2.24) is 0 Å². The van der Waals surface area contributed by atoms with Gasteiger partial charge in [-0.3, -0.25) is 4.79 Å². The maximum Gasteiger partial charge on any atom is 0.248 e. The Morgan fingerprint density at radius 1 is 1.40 bits per heavy atom. The summed E-state index contributed by atoms with van der Waals surface area (Å²) in [5.41, 5.74) is 6.05. The minimum atomic E-state index is -0.630. The van der Waals surface area contributed by atoms with Crippen LogP contribution >= 0.6 is 0 Å². The van der Waals surface area contributed by atoms with Crippen molar-refractivity contribution in [3.05, 3.63) is 59.9 Å². The van der Waals surface area contributed by atoms with E-state index < -0.39 is 5.91 Å². The molecule has 0 radical (unpaired) electrons. The molecular formula is C12H13NO2. The Labute approximate surface area is 88.5 Å². The van der Waals surface area contributed by atoms with Gasteiger partial charge in [-0.2, -0.15) is 0 Å². The lowest BCUT2D eigenvalue weighted by molar-refractivity contribution is -0.114. The lowest BCUT2D eigenvalue weighted by Crippen LogP contribution is -2.12. The number of primary amides is 1. The smallest absolute Gasteiger partial charge is 0.248 e. The Kier molecular flexibility index (Phi) is 3.68. The van der Waals surface area contributed by atoms with E-state index in [0.717, 1.165) is 5.56 Å². The highest BCUT2D eigenvalue weighted by molar-refractivity contribution is 5.94. The number of benzene rings is 1. The summed E-state index contributed by atoms with van der Waals surface area (Å²) in [5.74, 6) is -0.556. The Balaban J connectivity index is 2.67. The Morgan fingerprint density at radius 3 is 2.53 bits per heavy atom. The first-order valence-corrected chi connectivity index (χ1v) is 4.52. The second-order valence-corrected chi connectivity index (χ2v) is 3.19. The van der Waals surface area contributed by atoms with Crippen LogP contribution in [0.5, 0.6) is 0 Å². The van der Waals surface area contributed by atoms with Gasteiger partial charge in [0.2, 0.25) is 5.91 Å². The number of hydrogen-bond donors (Lipinski definition) is 2. The quantitative estimate of drug-likeness (QED) is 0.444. The molecule has 0 bridgehead atoms. The average Bonchev–Trinajstić information content (AvgIpc) is 2.18. The molecule has 0 unspecified atom stereocenters. The minimum Gasteiger partial charge on any atom is -0.512 e. The van der Waals surface area contributed by atoms with Crippen molar-refractivity contribution in [3.8, 4) is 0 Å². The van der Waals surface area contributed by atoms with Gasteiger partial charge in [-0.1, -0.05) is 36.9 Å². The van der Waals surface area contributed by atoms with E-state index in [9.17, 15) is 9.90 Å². The second-order valence-electron chi connectivity index (χ2n) is 3.19. The first kappa shape index (κ1) is 11.0. The number of rotatable bonds is 4. The molecule has 0 aliphatic carbocycles. The van der Waals surface area contributed by atoms with E-state index in [4.69, 9.17) is 5.73 Å². The van der Waals surface area contributed by atoms with E-state index in [1.165, 1.54) is 6.08 Å². The molecule has 78 valence electrons. The van der Waals surface area contributed by atoms with Crippen molar-refractivity contribution in [1.29, 1.82) is 0 Å². The van der Waals surface area contributed by atoms with E-state index >= 15 is 0 Å². The highest BCUT2D eigenvalue weighted by Gasteiger charge is 2.01. The zero-order valence-corrected chi connectivity index (χ0v) is 8.31. The van der Waals surface area contributed by atoms with Gasteiger partial charge in [0, 0.05) is 12.0 Å². The van der Waals surface area contributed by atoms with Crippen LogP contribution in [0.3, 0.4) is 0 Å². The van der Waals surface area contributed by atoms with Crippen LogP contribution in [0.4, 0.5) is 0 Å². The van der Waals surface area contributed by atoms with Gasteiger partial charge in [0.25, 0.3) is 0 Å². The molecule has 0 atom stereocenters. The molecule has 1 amide bonds. The highest BCUT2D eigenvalue weighted by Crippen LogP contribution is 2.07. The maximum absolute atomic E-state index is 10.7. The van der Waals surface area contributed by atoms with Crippen LogP contribution in [-0.4, -0.2) is 11.0 Å². The molecular weight excluding hydrogens is 190 g/mol. The summed E-state index contributed by atoms with van der Waals surface area (Å²) in [6.45, 7) is 3.42. The molecule has 0 aromatic heterocycles. The van der Waals surface area contributed by atoms with Crippen molar-refractivity contribution in [2.24, 2.45) is 5.73 Å². The molecule has 0 aliphatic heterocycles. The Morgan fingerprint density at radius 2 is 2.00 bits per heavy atom. The van der Waals surface area contributed by atoms with Crippen LogP contribution in [-0.2, 0) is 11.2 Å². The number of aliphatic hydroxyl groups excluding tert-OH is 1. The number of carbonyl (C=O) groups is 1. The first-order chi connectivity index (χ1) is 7.09. The van der Waals surface area contributed by atoms with Gasteiger partial charge in [-0.25, -0.2) is 0 Å². The molecule has 1 aromatic carbocycles. The summed E-state index contributed by atoms with van der Waals surface area (Å²) >= 11 is 0. The third-order valence-electron chi connectivity index (χ3n) is 1.89. The third-order valence-corrected chi connectivity index (χ3v) is 1.89. The van der Waals surface area contributed by atoms with E-state index in [0.29, 0.717) is 6.42 Å². The summed E-state index contributed by atoms with van der Waals surface area (Å²) in [6.07, 6.45) is 1.66. The van der Waals surface area contributed by atoms with Gasteiger partial charge in [0.1, 0.15) is 0 Å². The molecule has 0 heterocycles. The van der Waals surface area contributed by atoms with E-state index in [1.54, 1.807) is 0 Å². The van der Waals surface area contributed by atoms with Crippen LogP contribution in [0, 0.1) is 0 Å². The third kappa shape index (κ3) is 3.68. The lowest BCUT2D eigenvalue weighted by Gasteiger charge is -2.00. The Hall–Kier alpha value is -2.03. The normalized spacial score (nSPS) is 11.1. The first-order valence-electron chi connectivity index (χ1n) is 4.52. The molecule has 3 heteroatoms. The SMILES string of the molecule is C=C(/C=C(\O)Cc1ccccc1)C(N)=O. The zero-order chi connectivity index (χ0) is 11.3. The highest BCUT2D eigenvalue weighted by atomic mass is 16.3. The summed E-state index contributed by atoms with van der Waals surface area (Å²) < 4.78 is 0. The number of carbonyl (C=O) groups excluding carboxylic acids is 1. The van der Waals surface area contributed by atoms with E-state index in [1.807, 2.05) is 30.3 Å². The topological polar surface area (TPSA) is 63.3 Å². The monoisotopic (exact) mass is 203 g/mol. The molecule has 1 rings (SSSR count). The van der Waals surface area contributed by atoms with Crippen LogP contribution in [0.15, 0.2) is 54.3 Å². The number of amides is 1. The molecule has 0 saturated carbocycles. The summed E-state index contributed by atoms with van der Waals surface area (Å²) in [4.78, 5) is 10.7.